The maximum atomic E-state index is 4.72. The Morgan fingerprint density at radius 3 is 2.42 bits per heavy atom. The van der Waals surface area contributed by atoms with E-state index in [9.17, 15) is 0 Å². The van der Waals surface area contributed by atoms with Gasteiger partial charge in [-0.15, -0.1) is 0 Å². The standard InChI is InChI=1S/C13H18IN5/c1-13(2,3)10-9(14)12(15-4)18-11(17-10)8-6-16-19(5)7-8/h6-7H,1-5H3,(H,15,17,18). The minimum absolute atomic E-state index is 0.0258. The van der Waals surface area contributed by atoms with Crippen LogP contribution in [0.3, 0.4) is 0 Å². The molecule has 0 spiro atoms. The quantitative estimate of drug-likeness (QED) is 0.825. The summed E-state index contributed by atoms with van der Waals surface area (Å²) in [7, 11) is 3.77. The van der Waals surface area contributed by atoms with Gasteiger partial charge < -0.3 is 5.32 Å². The number of nitrogens with zero attached hydrogens (tertiary/aromatic N) is 4. The van der Waals surface area contributed by atoms with Crippen LogP contribution in [0, 0.1) is 3.57 Å². The van der Waals surface area contributed by atoms with Crippen LogP contribution in [0.25, 0.3) is 11.4 Å². The number of anilines is 1. The zero-order valence-corrected chi connectivity index (χ0v) is 14.0. The summed E-state index contributed by atoms with van der Waals surface area (Å²) in [5.74, 6) is 1.57. The highest BCUT2D eigenvalue weighted by molar-refractivity contribution is 14.1. The SMILES string of the molecule is CNc1nc(-c2cnn(C)c2)nc(C(C)(C)C)c1I. The lowest BCUT2D eigenvalue weighted by molar-refractivity contribution is 0.564. The first-order valence-corrected chi connectivity index (χ1v) is 7.15. The van der Waals surface area contributed by atoms with Gasteiger partial charge in [0, 0.05) is 25.7 Å². The molecular weight excluding hydrogens is 353 g/mol. The zero-order chi connectivity index (χ0) is 14.2. The number of rotatable bonds is 2. The second kappa shape index (κ2) is 5.07. The third-order valence-electron chi connectivity index (χ3n) is 2.76. The molecule has 5 nitrogen and oxygen atoms in total. The number of halogens is 1. The fourth-order valence-electron chi connectivity index (χ4n) is 1.78. The highest BCUT2D eigenvalue weighted by atomic mass is 127. The summed E-state index contributed by atoms with van der Waals surface area (Å²) in [5.41, 5.74) is 1.95. The molecule has 0 fully saturated rings. The molecule has 0 aromatic carbocycles. The molecule has 2 rings (SSSR count). The maximum absolute atomic E-state index is 4.72. The molecule has 2 aromatic rings. The zero-order valence-electron chi connectivity index (χ0n) is 11.8. The minimum Gasteiger partial charge on any atom is -0.372 e. The van der Waals surface area contributed by atoms with Gasteiger partial charge in [-0.3, -0.25) is 4.68 Å². The maximum Gasteiger partial charge on any atom is 0.165 e. The lowest BCUT2D eigenvalue weighted by Gasteiger charge is -2.21. The Kier molecular flexibility index (Phi) is 3.80. The molecular formula is C13H18IN5. The van der Waals surface area contributed by atoms with Gasteiger partial charge in [-0.2, -0.15) is 5.10 Å². The van der Waals surface area contributed by atoms with Crippen LogP contribution in [0.4, 0.5) is 5.82 Å². The normalized spacial score (nSPS) is 11.7. The van der Waals surface area contributed by atoms with E-state index in [1.165, 1.54) is 0 Å². The van der Waals surface area contributed by atoms with E-state index in [4.69, 9.17) is 4.98 Å². The number of aryl methyl sites for hydroxylation is 1. The van der Waals surface area contributed by atoms with Crippen molar-refractivity contribution >= 4 is 28.4 Å². The van der Waals surface area contributed by atoms with Gasteiger partial charge in [-0.1, -0.05) is 20.8 Å². The molecule has 102 valence electrons. The molecule has 0 bridgehead atoms. The summed E-state index contributed by atoms with van der Waals surface area (Å²) < 4.78 is 2.83. The molecule has 0 atom stereocenters. The first-order chi connectivity index (χ1) is 8.82. The van der Waals surface area contributed by atoms with Gasteiger partial charge in [0.05, 0.1) is 21.0 Å². The molecule has 0 aliphatic rings. The van der Waals surface area contributed by atoms with Crippen molar-refractivity contribution in [2.45, 2.75) is 26.2 Å². The van der Waals surface area contributed by atoms with Crippen LogP contribution < -0.4 is 5.32 Å². The molecule has 0 radical (unpaired) electrons. The summed E-state index contributed by atoms with van der Waals surface area (Å²) in [6.45, 7) is 6.47. The summed E-state index contributed by atoms with van der Waals surface area (Å²) in [5, 5.41) is 7.32. The Morgan fingerprint density at radius 1 is 1.26 bits per heavy atom. The minimum atomic E-state index is -0.0258. The van der Waals surface area contributed by atoms with E-state index in [1.807, 2.05) is 20.3 Å². The molecule has 0 saturated heterocycles. The summed E-state index contributed by atoms with van der Waals surface area (Å²) in [4.78, 5) is 9.29. The van der Waals surface area contributed by atoms with E-state index in [0.717, 1.165) is 20.6 Å². The van der Waals surface area contributed by atoms with Crippen molar-refractivity contribution in [2.75, 3.05) is 12.4 Å². The monoisotopic (exact) mass is 371 g/mol. The van der Waals surface area contributed by atoms with E-state index in [2.05, 4.69) is 58.8 Å². The van der Waals surface area contributed by atoms with Crippen molar-refractivity contribution in [1.29, 1.82) is 0 Å². The molecule has 0 aliphatic carbocycles. The van der Waals surface area contributed by atoms with Crippen LogP contribution in [0.5, 0.6) is 0 Å². The molecule has 0 saturated carbocycles. The summed E-state index contributed by atoms with van der Waals surface area (Å²) in [6.07, 6.45) is 3.71. The third kappa shape index (κ3) is 2.88. The molecule has 2 aromatic heterocycles. The summed E-state index contributed by atoms with van der Waals surface area (Å²) >= 11 is 2.30. The molecule has 6 heteroatoms. The van der Waals surface area contributed by atoms with E-state index in [0.29, 0.717) is 5.82 Å². The van der Waals surface area contributed by atoms with Gasteiger partial charge in [0.15, 0.2) is 5.82 Å². The average molecular weight is 371 g/mol. The average Bonchev–Trinajstić information content (AvgIpc) is 2.74. The predicted octanol–water partition coefficient (Wildman–Crippen LogP) is 2.82. The fraction of sp³-hybridized carbons (Fsp3) is 0.462. The molecule has 0 unspecified atom stereocenters. The number of nitrogens with one attached hydrogen (secondary N) is 1. The number of hydrogen-bond donors (Lipinski definition) is 1. The van der Waals surface area contributed by atoms with Crippen molar-refractivity contribution in [3.05, 3.63) is 21.7 Å². The largest absolute Gasteiger partial charge is 0.372 e. The van der Waals surface area contributed by atoms with Crippen molar-refractivity contribution < 1.29 is 0 Å². The Balaban J connectivity index is 2.64. The van der Waals surface area contributed by atoms with Gasteiger partial charge in [0.2, 0.25) is 0 Å². The van der Waals surface area contributed by atoms with Crippen LogP contribution in [0.15, 0.2) is 12.4 Å². The predicted molar refractivity (Wildman–Crippen MR) is 85.2 cm³/mol. The number of aromatic nitrogens is 4. The fourth-order valence-corrected chi connectivity index (χ4v) is 3.10. The highest BCUT2D eigenvalue weighted by Gasteiger charge is 2.23. The van der Waals surface area contributed by atoms with Crippen molar-refractivity contribution in [3.8, 4) is 11.4 Å². The number of hydrogen-bond acceptors (Lipinski definition) is 4. The molecule has 0 aliphatic heterocycles. The second-order valence-corrected chi connectivity index (χ2v) is 6.54. The van der Waals surface area contributed by atoms with Crippen LogP contribution in [0.1, 0.15) is 26.5 Å². The van der Waals surface area contributed by atoms with Gasteiger partial charge in [0.1, 0.15) is 5.82 Å². The smallest absolute Gasteiger partial charge is 0.165 e. The van der Waals surface area contributed by atoms with Crippen LogP contribution in [-0.4, -0.2) is 26.8 Å². The Bertz CT molecular complexity index is 598. The van der Waals surface area contributed by atoms with E-state index in [-0.39, 0.29) is 5.41 Å². The molecule has 0 amide bonds. The van der Waals surface area contributed by atoms with Gasteiger partial charge in [-0.25, -0.2) is 9.97 Å². The van der Waals surface area contributed by atoms with Gasteiger partial charge >= 0.3 is 0 Å². The van der Waals surface area contributed by atoms with Crippen molar-refractivity contribution in [3.63, 3.8) is 0 Å². The van der Waals surface area contributed by atoms with Crippen molar-refractivity contribution in [1.82, 2.24) is 19.7 Å². The Labute approximate surface area is 127 Å². The Hall–Kier alpha value is -1.18. The van der Waals surface area contributed by atoms with Gasteiger partial charge in [-0.05, 0) is 22.6 Å². The van der Waals surface area contributed by atoms with Crippen molar-refractivity contribution in [2.24, 2.45) is 7.05 Å². The van der Waals surface area contributed by atoms with Gasteiger partial charge in [0.25, 0.3) is 0 Å². The van der Waals surface area contributed by atoms with Crippen LogP contribution in [0.2, 0.25) is 0 Å². The lowest BCUT2D eigenvalue weighted by Crippen LogP contribution is -2.18. The molecule has 2 heterocycles. The highest BCUT2D eigenvalue weighted by Crippen LogP contribution is 2.31. The van der Waals surface area contributed by atoms with Crippen LogP contribution >= 0.6 is 22.6 Å². The van der Waals surface area contributed by atoms with E-state index < -0.39 is 0 Å². The molecule has 19 heavy (non-hydrogen) atoms. The van der Waals surface area contributed by atoms with E-state index >= 15 is 0 Å². The van der Waals surface area contributed by atoms with Crippen LogP contribution in [-0.2, 0) is 12.5 Å². The first kappa shape index (κ1) is 14.2. The summed E-state index contributed by atoms with van der Waals surface area (Å²) in [6, 6.07) is 0. The van der Waals surface area contributed by atoms with E-state index in [1.54, 1.807) is 10.9 Å². The Morgan fingerprint density at radius 2 is 1.95 bits per heavy atom. The first-order valence-electron chi connectivity index (χ1n) is 6.07. The molecule has 1 N–H and O–H groups in total. The third-order valence-corrected chi connectivity index (χ3v) is 3.78. The second-order valence-electron chi connectivity index (χ2n) is 5.46. The lowest BCUT2D eigenvalue weighted by atomic mass is 9.92. The topological polar surface area (TPSA) is 55.6 Å².